The molecule has 1 atom stereocenters. The Hall–Kier alpha value is -0.510. The fourth-order valence-corrected chi connectivity index (χ4v) is 5.22. The maximum absolute atomic E-state index is 6.24. The van der Waals surface area contributed by atoms with Crippen LogP contribution in [0.15, 0.2) is 24.3 Å². The van der Waals surface area contributed by atoms with Gasteiger partial charge in [-0.25, -0.2) is 0 Å². The highest BCUT2D eigenvalue weighted by atomic mass is 32.2. The molecular formula is C17H28N2S. The number of hydrogen-bond donors (Lipinski definition) is 1. The van der Waals surface area contributed by atoms with Crippen LogP contribution in [-0.4, -0.2) is 35.5 Å². The zero-order valence-electron chi connectivity index (χ0n) is 13.3. The molecule has 112 valence electrons. The first-order valence-corrected chi connectivity index (χ1v) is 8.61. The van der Waals surface area contributed by atoms with Gasteiger partial charge in [-0.2, -0.15) is 11.8 Å². The highest BCUT2D eigenvalue weighted by Crippen LogP contribution is 2.45. The molecule has 0 saturated carbocycles. The van der Waals surface area contributed by atoms with Gasteiger partial charge in [0.05, 0.1) is 0 Å². The van der Waals surface area contributed by atoms with Crippen LogP contribution in [0.3, 0.4) is 0 Å². The minimum absolute atomic E-state index is 0.0969. The number of benzene rings is 1. The molecule has 1 aliphatic rings. The SMILES string of the molecule is Cc1cccc(CN(C)C2(CN)CSCCC2(C)C)c1. The fraction of sp³-hybridized carbons (Fsp3) is 0.647. The van der Waals surface area contributed by atoms with Crippen LogP contribution < -0.4 is 5.73 Å². The lowest BCUT2D eigenvalue weighted by molar-refractivity contribution is 0.0148. The molecule has 1 heterocycles. The lowest BCUT2D eigenvalue weighted by Gasteiger charge is -2.54. The van der Waals surface area contributed by atoms with E-state index in [0.717, 1.165) is 18.8 Å². The Bertz CT molecular complexity index is 458. The number of thioether (sulfide) groups is 1. The van der Waals surface area contributed by atoms with Gasteiger partial charge in [0.25, 0.3) is 0 Å². The van der Waals surface area contributed by atoms with Crippen molar-refractivity contribution in [3.63, 3.8) is 0 Å². The van der Waals surface area contributed by atoms with E-state index in [2.05, 4.69) is 57.0 Å². The van der Waals surface area contributed by atoms with E-state index in [4.69, 9.17) is 5.73 Å². The van der Waals surface area contributed by atoms with Gasteiger partial charge in [0, 0.05) is 24.4 Å². The average molecular weight is 292 g/mol. The second kappa shape index (κ2) is 6.08. The third kappa shape index (κ3) is 2.90. The predicted octanol–water partition coefficient (Wildman–Crippen LogP) is 3.29. The molecule has 0 aromatic heterocycles. The molecule has 3 heteroatoms. The van der Waals surface area contributed by atoms with E-state index < -0.39 is 0 Å². The van der Waals surface area contributed by atoms with Crippen molar-refractivity contribution in [3.8, 4) is 0 Å². The first kappa shape index (κ1) is 15.9. The van der Waals surface area contributed by atoms with E-state index in [0.29, 0.717) is 0 Å². The molecule has 1 saturated heterocycles. The fourth-order valence-electron chi connectivity index (χ4n) is 3.35. The summed E-state index contributed by atoms with van der Waals surface area (Å²) in [5.41, 5.74) is 9.32. The van der Waals surface area contributed by atoms with Crippen molar-refractivity contribution in [1.29, 1.82) is 0 Å². The maximum atomic E-state index is 6.24. The summed E-state index contributed by atoms with van der Waals surface area (Å²) in [7, 11) is 2.24. The summed E-state index contributed by atoms with van der Waals surface area (Å²) in [6, 6.07) is 8.80. The number of rotatable bonds is 4. The van der Waals surface area contributed by atoms with Crippen LogP contribution in [0.25, 0.3) is 0 Å². The monoisotopic (exact) mass is 292 g/mol. The second-order valence-electron chi connectivity index (χ2n) is 6.77. The number of aryl methyl sites for hydroxylation is 1. The topological polar surface area (TPSA) is 29.3 Å². The van der Waals surface area contributed by atoms with Crippen molar-refractivity contribution in [2.45, 2.75) is 39.3 Å². The van der Waals surface area contributed by atoms with Crippen LogP contribution in [0.5, 0.6) is 0 Å². The van der Waals surface area contributed by atoms with Gasteiger partial charge in [0.2, 0.25) is 0 Å². The molecule has 2 rings (SSSR count). The Morgan fingerprint density at radius 1 is 1.35 bits per heavy atom. The molecule has 0 aliphatic carbocycles. The summed E-state index contributed by atoms with van der Waals surface area (Å²) in [6.07, 6.45) is 1.24. The highest BCUT2D eigenvalue weighted by Gasteiger charge is 2.48. The summed E-state index contributed by atoms with van der Waals surface area (Å²) < 4.78 is 0. The molecule has 0 radical (unpaired) electrons. The number of nitrogens with zero attached hydrogens (tertiary/aromatic N) is 1. The van der Waals surface area contributed by atoms with Gasteiger partial charge >= 0.3 is 0 Å². The molecule has 0 amide bonds. The molecular weight excluding hydrogens is 264 g/mol. The molecule has 0 spiro atoms. The van der Waals surface area contributed by atoms with E-state index in [-0.39, 0.29) is 11.0 Å². The zero-order chi connectivity index (χ0) is 14.8. The number of likely N-dealkylation sites (N-methyl/N-ethyl adjacent to an activating group) is 1. The molecule has 2 nitrogen and oxygen atoms in total. The standard InChI is InChI=1S/C17H28N2S/c1-14-6-5-7-15(10-14)11-19(4)17(12-18)13-20-9-8-16(17,2)3/h5-7,10H,8-9,11-13,18H2,1-4H3. The zero-order valence-corrected chi connectivity index (χ0v) is 14.1. The summed E-state index contributed by atoms with van der Waals surface area (Å²) in [4.78, 5) is 2.49. The molecule has 0 bridgehead atoms. The van der Waals surface area contributed by atoms with E-state index >= 15 is 0 Å². The summed E-state index contributed by atoms with van der Waals surface area (Å²) in [5, 5.41) is 0. The average Bonchev–Trinajstić information content (AvgIpc) is 2.38. The molecule has 1 aliphatic heterocycles. The van der Waals surface area contributed by atoms with E-state index in [9.17, 15) is 0 Å². The second-order valence-corrected chi connectivity index (χ2v) is 7.87. The minimum Gasteiger partial charge on any atom is -0.329 e. The minimum atomic E-state index is 0.0969. The summed E-state index contributed by atoms with van der Waals surface area (Å²) >= 11 is 2.05. The van der Waals surface area contributed by atoms with Gasteiger partial charge in [-0.05, 0) is 37.1 Å². The Labute approximate surface area is 128 Å². The third-order valence-corrected chi connectivity index (χ3v) is 6.22. The van der Waals surface area contributed by atoms with Crippen LogP contribution in [0.1, 0.15) is 31.4 Å². The van der Waals surface area contributed by atoms with Crippen molar-refractivity contribution < 1.29 is 0 Å². The van der Waals surface area contributed by atoms with Crippen molar-refractivity contribution in [1.82, 2.24) is 4.90 Å². The summed E-state index contributed by atoms with van der Waals surface area (Å²) in [6.45, 7) is 8.62. The van der Waals surface area contributed by atoms with Gasteiger partial charge in [-0.1, -0.05) is 43.7 Å². The van der Waals surface area contributed by atoms with E-state index in [1.165, 1.54) is 23.3 Å². The van der Waals surface area contributed by atoms with Gasteiger partial charge in [-0.3, -0.25) is 4.90 Å². The van der Waals surface area contributed by atoms with Crippen LogP contribution in [0.4, 0.5) is 0 Å². The Morgan fingerprint density at radius 3 is 2.70 bits per heavy atom. The molecule has 1 aromatic rings. The number of nitrogens with two attached hydrogens (primary N) is 1. The Balaban J connectivity index is 2.22. The lowest BCUT2D eigenvalue weighted by atomic mass is 9.69. The van der Waals surface area contributed by atoms with Gasteiger partial charge < -0.3 is 5.73 Å². The maximum Gasteiger partial charge on any atom is 0.0473 e. The molecule has 1 fully saturated rings. The summed E-state index contributed by atoms with van der Waals surface area (Å²) in [5.74, 6) is 2.39. The molecule has 20 heavy (non-hydrogen) atoms. The smallest absolute Gasteiger partial charge is 0.0473 e. The molecule has 2 N–H and O–H groups in total. The van der Waals surface area contributed by atoms with E-state index in [1.54, 1.807) is 0 Å². The van der Waals surface area contributed by atoms with Crippen molar-refractivity contribution in [3.05, 3.63) is 35.4 Å². The van der Waals surface area contributed by atoms with Gasteiger partial charge in [0.15, 0.2) is 0 Å². The number of hydrogen-bond acceptors (Lipinski definition) is 3. The van der Waals surface area contributed by atoms with Crippen LogP contribution in [0, 0.1) is 12.3 Å². The largest absolute Gasteiger partial charge is 0.329 e. The molecule has 1 aromatic carbocycles. The van der Waals surface area contributed by atoms with Crippen LogP contribution >= 0.6 is 11.8 Å². The van der Waals surface area contributed by atoms with Gasteiger partial charge in [0.1, 0.15) is 0 Å². The third-order valence-electron chi connectivity index (χ3n) is 5.04. The highest BCUT2D eigenvalue weighted by molar-refractivity contribution is 7.99. The Kier molecular flexibility index (Phi) is 4.83. The normalized spacial score (nSPS) is 25.9. The van der Waals surface area contributed by atoms with Crippen LogP contribution in [-0.2, 0) is 6.54 Å². The Morgan fingerprint density at radius 2 is 2.10 bits per heavy atom. The van der Waals surface area contributed by atoms with Crippen LogP contribution in [0.2, 0.25) is 0 Å². The van der Waals surface area contributed by atoms with E-state index in [1.807, 2.05) is 11.8 Å². The first-order valence-electron chi connectivity index (χ1n) is 7.46. The van der Waals surface area contributed by atoms with Crippen molar-refractivity contribution >= 4 is 11.8 Å². The first-order chi connectivity index (χ1) is 9.41. The van der Waals surface area contributed by atoms with Crippen molar-refractivity contribution in [2.24, 2.45) is 11.1 Å². The predicted molar refractivity (Wildman–Crippen MR) is 90.2 cm³/mol. The molecule has 1 unspecified atom stereocenters. The lowest BCUT2D eigenvalue weighted by Crippen LogP contribution is -2.64. The van der Waals surface area contributed by atoms with Gasteiger partial charge in [-0.15, -0.1) is 0 Å². The van der Waals surface area contributed by atoms with Crippen molar-refractivity contribution in [2.75, 3.05) is 25.1 Å². The quantitative estimate of drug-likeness (QED) is 0.923.